The average molecular weight is 134 g/mol. The van der Waals surface area contributed by atoms with Crippen molar-refractivity contribution in [2.24, 2.45) is 0 Å². The summed E-state index contributed by atoms with van der Waals surface area (Å²) in [5.41, 5.74) is 1.43. The summed E-state index contributed by atoms with van der Waals surface area (Å²) >= 11 is 0. The van der Waals surface area contributed by atoms with Gasteiger partial charge in [-0.05, 0) is 6.42 Å². The van der Waals surface area contributed by atoms with Gasteiger partial charge in [0.05, 0.1) is 5.69 Å². The lowest BCUT2D eigenvalue weighted by Gasteiger charge is -1.90. The normalized spacial score (nSPS) is 15.4. The van der Waals surface area contributed by atoms with Crippen molar-refractivity contribution in [2.75, 3.05) is 0 Å². The molecule has 1 aromatic rings. The highest BCUT2D eigenvalue weighted by Crippen LogP contribution is 2.15. The van der Waals surface area contributed by atoms with Crippen LogP contribution in [0.1, 0.15) is 22.6 Å². The Kier molecular flexibility index (Phi) is 1.03. The van der Waals surface area contributed by atoms with Crippen LogP contribution >= 0.6 is 0 Å². The molecule has 1 heterocycles. The summed E-state index contributed by atoms with van der Waals surface area (Å²) in [4.78, 5) is 18.9. The molecule has 0 aromatic carbocycles. The Balaban J connectivity index is 2.61. The van der Waals surface area contributed by atoms with Gasteiger partial charge in [-0.15, -0.1) is 0 Å². The summed E-state index contributed by atoms with van der Waals surface area (Å²) in [6.45, 7) is 0. The fraction of sp³-hybridized carbons (Fsp3) is 0.286. The Morgan fingerprint density at radius 2 is 2.00 bits per heavy atom. The van der Waals surface area contributed by atoms with Crippen LogP contribution in [-0.4, -0.2) is 15.8 Å². The lowest BCUT2D eigenvalue weighted by atomic mass is 10.3. The van der Waals surface area contributed by atoms with Gasteiger partial charge in [0.25, 0.3) is 0 Å². The third-order valence-corrected chi connectivity index (χ3v) is 1.63. The van der Waals surface area contributed by atoms with Crippen molar-refractivity contribution in [2.45, 2.75) is 12.8 Å². The largest absolute Gasteiger partial charge is 0.292 e. The monoisotopic (exact) mass is 134 g/mol. The molecule has 0 amide bonds. The van der Waals surface area contributed by atoms with E-state index >= 15 is 0 Å². The highest BCUT2D eigenvalue weighted by Gasteiger charge is 2.20. The molecular formula is C7H6N2O. The van der Waals surface area contributed by atoms with Crippen LogP contribution < -0.4 is 0 Å². The maximum absolute atomic E-state index is 11.0. The summed E-state index contributed by atoms with van der Waals surface area (Å²) in [7, 11) is 0. The number of hydrogen-bond donors (Lipinski definition) is 0. The van der Waals surface area contributed by atoms with E-state index in [9.17, 15) is 4.79 Å². The topological polar surface area (TPSA) is 42.9 Å². The minimum absolute atomic E-state index is 0.128. The molecule has 0 fully saturated rings. The number of hydrogen-bond acceptors (Lipinski definition) is 3. The molecule has 0 saturated carbocycles. The number of nitrogens with zero attached hydrogens (tertiary/aromatic N) is 2. The molecule has 10 heavy (non-hydrogen) atoms. The van der Waals surface area contributed by atoms with Crippen molar-refractivity contribution in [3.63, 3.8) is 0 Å². The van der Waals surface area contributed by atoms with E-state index in [4.69, 9.17) is 0 Å². The van der Waals surface area contributed by atoms with Crippen LogP contribution in [0, 0.1) is 0 Å². The van der Waals surface area contributed by atoms with E-state index in [-0.39, 0.29) is 5.78 Å². The molecule has 0 aliphatic heterocycles. The van der Waals surface area contributed by atoms with Crippen LogP contribution in [0.4, 0.5) is 0 Å². The van der Waals surface area contributed by atoms with Crippen molar-refractivity contribution in [3.05, 3.63) is 23.8 Å². The van der Waals surface area contributed by atoms with E-state index in [0.29, 0.717) is 12.1 Å². The molecule has 0 radical (unpaired) electrons. The number of aromatic nitrogens is 2. The van der Waals surface area contributed by atoms with Gasteiger partial charge in [-0.1, -0.05) is 0 Å². The summed E-state index contributed by atoms with van der Waals surface area (Å²) < 4.78 is 0. The van der Waals surface area contributed by atoms with Gasteiger partial charge < -0.3 is 0 Å². The Labute approximate surface area is 58.1 Å². The first-order valence-corrected chi connectivity index (χ1v) is 3.21. The predicted molar refractivity (Wildman–Crippen MR) is 34.7 cm³/mol. The highest BCUT2D eigenvalue weighted by atomic mass is 16.1. The summed E-state index contributed by atoms with van der Waals surface area (Å²) in [5, 5.41) is 0. The van der Waals surface area contributed by atoms with E-state index in [1.807, 2.05) is 0 Å². The molecule has 3 heteroatoms. The van der Waals surface area contributed by atoms with Crippen LogP contribution in [-0.2, 0) is 6.42 Å². The zero-order valence-electron chi connectivity index (χ0n) is 5.37. The van der Waals surface area contributed by atoms with Gasteiger partial charge in [0.1, 0.15) is 5.69 Å². The minimum atomic E-state index is 0.128. The lowest BCUT2D eigenvalue weighted by molar-refractivity contribution is 0.0990. The molecule has 2 rings (SSSR count). The first kappa shape index (κ1) is 5.53. The highest BCUT2D eigenvalue weighted by molar-refractivity contribution is 5.97. The van der Waals surface area contributed by atoms with Crippen molar-refractivity contribution in [1.82, 2.24) is 9.97 Å². The summed E-state index contributed by atoms with van der Waals surface area (Å²) in [5.74, 6) is 0.128. The van der Waals surface area contributed by atoms with Gasteiger partial charge in [-0.25, -0.2) is 4.98 Å². The van der Waals surface area contributed by atoms with Gasteiger partial charge >= 0.3 is 0 Å². The molecule has 1 aliphatic rings. The van der Waals surface area contributed by atoms with Gasteiger partial charge in [0.15, 0.2) is 5.78 Å². The van der Waals surface area contributed by atoms with E-state index in [0.717, 1.165) is 12.1 Å². The molecule has 0 saturated heterocycles. The number of Topliss-reactive ketones (excluding diaryl/α,β-unsaturated/α-hetero) is 1. The molecule has 0 bridgehead atoms. The van der Waals surface area contributed by atoms with Crippen LogP contribution in [0.3, 0.4) is 0 Å². The molecule has 50 valence electrons. The average Bonchev–Trinajstić information content (AvgIpc) is 2.34. The predicted octanol–water partition coefficient (Wildman–Crippen LogP) is 0.605. The standard InChI is InChI=1S/C7H6N2O/c10-6-2-1-5-7(6)9-4-3-8-5/h3-4H,1-2H2. The van der Waals surface area contributed by atoms with Crippen molar-refractivity contribution in [1.29, 1.82) is 0 Å². The molecule has 0 N–H and O–H groups in total. The number of ketones is 1. The van der Waals surface area contributed by atoms with Crippen molar-refractivity contribution >= 4 is 5.78 Å². The van der Waals surface area contributed by atoms with E-state index in [1.54, 1.807) is 12.4 Å². The first-order chi connectivity index (χ1) is 4.88. The number of fused-ring (bicyclic) bond motifs is 1. The zero-order chi connectivity index (χ0) is 6.97. The molecule has 0 atom stereocenters. The van der Waals surface area contributed by atoms with Crippen LogP contribution in [0.5, 0.6) is 0 Å². The van der Waals surface area contributed by atoms with E-state index < -0.39 is 0 Å². The van der Waals surface area contributed by atoms with Gasteiger partial charge in [0, 0.05) is 18.8 Å². The number of carbonyl (C=O) groups is 1. The molecule has 0 unspecified atom stereocenters. The van der Waals surface area contributed by atoms with Crippen LogP contribution in [0.15, 0.2) is 12.4 Å². The fourth-order valence-electron chi connectivity index (χ4n) is 1.13. The smallest absolute Gasteiger partial charge is 0.183 e. The summed E-state index contributed by atoms with van der Waals surface area (Å²) in [6, 6.07) is 0. The van der Waals surface area contributed by atoms with E-state index in [2.05, 4.69) is 9.97 Å². The Morgan fingerprint density at radius 3 is 2.80 bits per heavy atom. The second-order valence-corrected chi connectivity index (χ2v) is 2.27. The molecule has 3 nitrogen and oxygen atoms in total. The fourth-order valence-corrected chi connectivity index (χ4v) is 1.13. The van der Waals surface area contributed by atoms with Gasteiger partial charge in [0.2, 0.25) is 0 Å². The van der Waals surface area contributed by atoms with Crippen LogP contribution in [0.2, 0.25) is 0 Å². The molecule has 0 spiro atoms. The number of carbonyl (C=O) groups excluding carboxylic acids is 1. The molecular weight excluding hydrogens is 128 g/mol. The minimum Gasteiger partial charge on any atom is -0.292 e. The Morgan fingerprint density at radius 1 is 1.20 bits per heavy atom. The third kappa shape index (κ3) is 0.635. The maximum atomic E-state index is 11.0. The van der Waals surface area contributed by atoms with Crippen LogP contribution in [0.25, 0.3) is 0 Å². The van der Waals surface area contributed by atoms with Crippen molar-refractivity contribution < 1.29 is 4.79 Å². The Hall–Kier alpha value is -1.25. The van der Waals surface area contributed by atoms with Gasteiger partial charge in [-0.2, -0.15) is 0 Å². The molecule has 1 aliphatic carbocycles. The third-order valence-electron chi connectivity index (χ3n) is 1.63. The number of rotatable bonds is 0. The first-order valence-electron chi connectivity index (χ1n) is 3.21. The zero-order valence-corrected chi connectivity index (χ0v) is 5.37. The number of aryl methyl sites for hydroxylation is 1. The quantitative estimate of drug-likeness (QED) is 0.522. The summed E-state index contributed by atoms with van der Waals surface area (Å²) in [6.07, 6.45) is 4.53. The maximum Gasteiger partial charge on any atom is 0.183 e. The lowest BCUT2D eigenvalue weighted by Crippen LogP contribution is -1.95. The van der Waals surface area contributed by atoms with Crippen molar-refractivity contribution in [3.8, 4) is 0 Å². The van der Waals surface area contributed by atoms with Gasteiger partial charge in [-0.3, -0.25) is 9.78 Å². The van der Waals surface area contributed by atoms with E-state index in [1.165, 1.54) is 0 Å². The Bertz CT molecular complexity index is 283. The molecule has 1 aromatic heterocycles. The SMILES string of the molecule is O=C1CCc2nccnc21. The second-order valence-electron chi connectivity index (χ2n) is 2.27. The second kappa shape index (κ2) is 1.87.